The van der Waals surface area contributed by atoms with Gasteiger partial charge in [-0.15, -0.1) is 0 Å². The van der Waals surface area contributed by atoms with E-state index in [0.29, 0.717) is 11.0 Å². The highest BCUT2D eigenvalue weighted by Gasteiger charge is 2.34. The minimum atomic E-state index is -0.507. The second-order valence-electron chi connectivity index (χ2n) is 5.70. The van der Waals surface area contributed by atoms with Gasteiger partial charge in [-0.25, -0.2) is 4.39 Å². The number of hydrogen-bond donors (Lipinski definition) is 2. The van der Waals surface area contributed by atoms with Crippen molar-refractivity contribution < 1.29 is 9.04 Å². The summed E-state index contributed by atoms with van der Waals surface area (Å²) in [4.78, 5) is 3.86. The van der Waals surface area contributed by atoms with Gasteiger partial charge in [-0.1, -0.05) is 6.07 Å². The van der Waals surface area contributed by atoms with Crippen molar-refractivity contribution in [3.05, 3.63) is 23.5 Å². The molecule has 1 aromatic carbocycles. The molecule has 0 spiro atoms. The minimum absolute atomic E-state index is 0.0848. The van der Waals surface area contributed by atoms with Crippen molar-refractivity contribution in [2.75, 3.05) is 12.8 Å². The Kier molecular flexibility index (Phi) is 5.27. The highest BCUT2D eigenvalue weighted by molar-refractivity contribution is 7.81. The van der Waals surface area contributed by atoms with E-state index in [9.17, 15) is 4.39 Å². The lowest BCUT2D eigenvalue weighted by molar-refractivity contribution is 0.0854. The van der Waals surface area contributed by atoms with Crippen molar-refractivity contribution in [1.29, 1.82) is 0 Å². The first-order chi connectivity index (χ1) is 9.08. The fourth-order valence-electron chi connectivity index (χ4n) is 1.33. The molecule has 1 radical (unpaired) electrons. The molecule has 3 nitrogen and oxygen atoms in total. The molecule has 0 atom stereocenters. The van der Waals surface area contributed by atoms with Crippen LogP contribution in [0.1, 0.15) is 33.3 Å². The van der Waals surface area contributed by atoms with E-state index in [2.05, 4.69) is 17.6 Å². The van der Waals surface area contributed by atoms with Crippen LogP contribution < -0.4 is 11.2 Å². The van der Waals surface area contributed by atoms with Crippen LogP contribution in [0, 0.1) is 5.82 Å². The highest BCUT2D eigenvalue weighted by atomic mass is 32.1. The molecule has 0 aromatic heterocycles. The van der Waals surface area contributed by atoms with Crippen LogP contribution in [0.15, 0.2) is 17.1 Å². The SMILES string of the molecule is CN=Cc1cc([B]OC(C)(C)C(C)(C)S)cc(F)c1N. The zero-order valence-corrected chi connectivity index (χ0v) is 13.5. The summed E-state index contributed by atoms with van der Waals surface area (Å²) in [5.41, 5.74) is 6.36. The zero-order chi connectivity index (χ0) is 15.6. The standard InChI is InChI=1S/C14H21BFN2OS/c1-13(2,14(3,4)20)19-15-10-6-9(8-18-5)12(17)11(16)7-10/h6-8,20H,17H2,1-5H3. The number of nitrogen functional groups attached to an aromatic ring is 1. The number of halogens is 1. The van der Waals surface area contributed by atoms with Crippen LogP contribution >= 0.6 is 12.6 Å². The van der Waals surface area contributed by atoms with Crippen LogP contribution in [0.3, 0.4) is 0 Å². The van der Waals surface area contributed by atoms with Crippen LogP contribution in [0.4, 0.5) is 10.1 Å². The third-order valence-corrected chi connectivity index (χ3v) is 3.95. The van der Waals surface area contributed by atoms with Crippen molar-refractivity contribution in [3.8, 4) is 0 Å². The predicted octanol–water partition coefficient (Wildman–Crippen LogP) is 2.20. The Morgan fingerprint density at radius 2 is 1.95 bits per heavy atom. The van der Waals surface area contributed by atoms with Crippen LogP contribution in [-0.2, 0) is 4.65 Å². The maximum Gasteiger partial charge on any atom is 0.330 e. The molecule has 0 fully saturated rings. The number of nitrogens with zero attached hydrogens (tertiary/aromatic N) is 1. The average Bonchev–Trinajstić information content (AvgIpc) is 2.31. The molecule has 20 heavy (non-hydrogen) atoms. The lowest BCUT2D eigenvalue weighted by atomic mass is 9.83. The highest BCUT2D eigenvalue weighted by Crippen LogP contribution is 2.30. The summed E-state index contributed by atoms with van der Waals surface area (Å²) in [5, 5.41) is 0. The Morgan fingerprint density at radius 3 is 2.45 bits per heavy atom. The fraction of sp³-hybridized carbons (Fsp3) is 0.500. The van der Waals surface area contributed by atoms with Gasteiger partial charge >= 0.3 is 7.48 Å². The number of anilines is 1. The van der Waals surface area contributed by atoms with E-state index < -0.39 is 11.4 Å². The number of hydrogen-bond acceptors (Lipinski definition) is 4. The van der Waals surface area contributed by atoms with Crippen LogP contribution in [0.5, 0.6) is 0 Å². The van der Waals surface area contributed by atoms with Crippen molar-refractivity contribution in [1.82, 2.24) is 0 Å². The Morgan fingerprint density at radius 1 is 1.35 bits per heavy atom. The Bertz CT molecular complexity index is 513. The zero-order valence-electron chi connectivity index (χ0n) is 12.6. The number of aliphatic imine (C=N–C) groups is 1. The Hall–Kier alpha value is -1.01. The van der Waals surface area contributed by atoms with Crippen LogP contribution in [-0.4, -0.2) is 31.1 Å². The van der Waals surface area contributed by atoms with Gasteiger partial charge in [-0.2, -0.15) is 12.6 Å². The number of rotatable bonds is 5. The molecule has 0 bridgehead atoms. The lowest BCUT2D eigenvalue weighted by Crippen LogP contribution is -2.45. The summed E-state index contributed by atoms with van der Waals surface area (Å²) in [6, 6.07) is 3.07. The van der Waals surface area contributed by atoms with Crippen LogP contribution in [0.25, 0.3) is 0 Å². The normalized spacial score (nSPS) is 12.9. The number of thiol groups is 1. The molecular weight excluding hydrogens is 274 g/mol. The summed E-state index contributed by atoms with van der Waals surface area (Å²) in [5.74, 6) is -0.486. The van der Waals surface area contributed by atoms with E-state index in [1.165, 1.54) is 19.8 Å². The summed E-state index contributed by atoms with van der Waals surface area (Å²) in [7, 11) is 3.13. The second kappa shape index (κ2) is 6.18. The van der Waals surface area contributed by atoms with Crippen LogP contribution in [0.2, 0.25) is 0 Å². The fourth-order valence-corrected chi connectivity index (χ4v) is 1.39. The molecule has 0 heterocycles. The van der Waals surface area contributed by atoms with Gasteiger partial charge in [0.25, 0.3) is 0 Å². The maximum absolute atomic E-state index is 13.7. The number of benzene rings is 1. The minimum Gasteiger partial charge on any atom is -0.428 e. The van der Waals surface area contributed by atoms with Crippen molar-refractivity contribution in [3.63, 3.8) is 0 Å². The molecule has 0 unspecified atom stereocenters. The smallest absolute Gasteiger partial charge is 0.330 e. The third-order valence-electron chi connectivity index (χ3n) is 3.42. The summed E-state index contributed by atoms with van der Waals surface area (Å²) in [6.07, 6.45) is 1.52. The van der Waals surface area contributed by atoms with E-state index in [0.717, 1.165) is 0 Å². The molecular formula is C14H21BFN2OS. The first-order valence-corrected chi connectivity index (χ1v) is 6.78. The van der Waals surface area contributed by atoms with Gasteiger partial charge in [0, 0.05) is 23.6 Å². The van der Waals surface area contributed by atoms with Crippen molar-refractivity contribution >= 4 is 37.5 Å². The Balaban J connectivity index is 2.95. The van der Waals surface area contributed by atoms with Gasteiger partial charge < -0.3 is 10.4 Å². The van der Waals surface area contributed by atoms with Gasteiger partial charge in [-0.05, 0) is 39.2 Å². The molecule has 0 saturated carbocycles. The molecule has 0 amide bonds. The van der Waals surface area contributed by atoms with Gasteiger partial charge in [0.2, 0.25) is 0 Å². The molecule has 0 aliphatic heterocycles. The second-order valence-corrected chi connectivity index (χ2v) is 6.82. The quantitative estimate of drug-likeness (QED) is 0.379. The molecule has 109 valence electrons. The molecule has 0 aliphatic rings. The van der Waals surface area contributed by atoms with E-state index in [-0.39, 0.29) is 10.4 Å². The predicted molar refractivity (Wildman–Crippen MR) is 87.9 cm³/mol. The molecule has 2 N–H and O–H groups in total. The van der Waals surface area contributed by atoms with E-state index in [4.69, 9.17) is 10.4 Å². The first-order valence-electron chi connectivity index (χ1n) is 6.33. The van der Waals surface area contributed by atoms with Gasteiger partial charge in [0.05, 0.1) is 11.3 Å². The summed E-state index contributed by atoms with van der Waals surface area (Å²) < 4.78 is 19.2. The van der Waals surface area contributed by atoms with Gasteiger partial charge in [0.1, 0.15) is 5.82 Å². The first kappa shape index (κ1) is 17.0. The van der Waals surface area contributed by atoms with E-state index >= 15 is 0 Å². The monoisotopic (exact) mass is 295 g/mol. The summed E-state index contributed by atoms with van der Waals surface area (Å²) in [6.45, 7) is 7.78. The molecule has 1 aromatic rings. The third kappa shape index (κ3) is 3.99. The number of nitrogens with two attached hydrogens (primary N) is 1. The van der Waals surface area contributed by atoms with Crippen molar-refractivity contribution in [2.45, 2.75) is 38.0 Å². The van der Waals surface area contributed by atoms with Crippen molar-refractivity contribution in [2.24, 2.45) is 4.99 Å². The van der Waals surface area contributed by atoms with E-state index in [1.807, 2.05) is 27.7 Å². The topological polar surface area (TPSA) is 47.6 Å². The maximum atomic E-state index is 13.7. The Labute approximate surface area is 126 Å². The largest absolute Gasteiger partial charge is 0.428 e. The molecule has 6 heteroatoms. The molecule has 1 rings (SSSR count). The average molecular weight is 295 g/mol. The van der Waals surface area contributed by atoms with Gasteiger partial charge in [0.15, 0.2) is 0 Å². The summed E-state index contributed by atoms with van der Waals surface area (Å²) >= 11 is 4.51. The molecule has 0 aliphatic carbocycles. The van der Waals surface area contributed by atoms with Gasteiger partial charge in [-0.3, -0.25) is 4.99 Å². The van der Waals surface area contributed by atoms with E-state index in [1.54, 1.807) is 13.1 Å². The molecule has 0 saturated heterocycles. The lowest BCUT2D eigenvalue weighted by Gasteiger charge is -2.38.